The van der Waals surface area contributed by atoms with Crippen LogP contribution in [0.15, 0.2) is 47.4 Å². The molecule has 1 fully saturated rings. The molecule has 1 N–H and O–H groups in total. The molecule has 1 saturated heterocycles. The van der Waals surface area contributed by atoms with Crippen LogP contribution in [0, 0.1) is 0 Å². The monoisotopic (exact) mass is 380 g/mol. The highest BCUT2D eigenvalue weighted by Gasteiger charge is 2.21. The number of aryl methyl sites for hydroxylation is 2. The van der Waals surface area contributed by atoms with Crippen molar-refractivity contribution in [3.05, 3.63) is 59.2 Å². The molecule has 1 aliphatic carbocycles. The molecule has 0 spiro atoms. The Morgan fingerprint density at radius 1 is 1.04 bits per heavy atom. The summed E-state index contributed by atoms with van der Waals surface area (Å²) in [6.07, 6.45) is 5.13. The number of anilines is 1. The lowest BCUT2D eigenvalue weighted by atomic mass is 10.1. The summed E-state index contributed by atoms with van der Waals surface area (Å²) < 4.78 is 0. The number of carbonyl (C=O) groups excluding carboxylic acids is 2. The molecular weight excluding hydrogens is 356 g/mol. The Morgan fingerprint density at radius 3 is 2.78 bits per heavy atom. The highest BCUT2D eigenvalue weighted by Crippen LogP contribution is 2.27. The summed E-state index contributed by atoms with van der Waals surface area (Å²) in [5.41, 5.74) is 4.84. The van der Waals surface area contributed by atoms with Gasteiger partial charge in [0.15, 0.2) is 0 Å². The molecule has 0 saturated carbocycles. The Morgan fingerprint density at radius 2 is 1.93 bits per heavy atom. The van der Waals surface area contributed by atoms with Crippen LogP contribution >= 0.6 is 11.8 Å². The third kappa shape index (κ3) is 4.35. The first-order valence-electron chi connectivity index (χ1n) is 9.60. The van der Waals surface area contributed by atoms with Crippen LogP contribution in [0.2, 0.25) is 0 Å². The van der Waals surface area contributed by atoms with Crippen molar-refractivity contribution in [2.24, 2.45) is 0 Å². The van der Waals surface area contributed by atoms with E-state index in [0.717, 1.165) is 30.6 Å². The first-order chi connectivity index (χ1) is 13.2. The maximum absolute atomic E-state index is 12.2. The fourth-order valence-electron chi connectivity index (χ4n) is 3.79. The molecule has 1 heterocycles. The number of nitrogens with zero attached hydrogens (tertiary/aromatic N) is 1. The van der Waals surface area contributed by atoms with E-state index in [9.17, 15) is 9.59 Å². The van der Waals surface area contributed by atoms with E-state index in [1.165, 1.54) is 28.9 Å². The number of carbonyl (C=O) groups is 2. The number of nitrogens with one attached hydrogen (secondary N) is 1. The topological polar surface area (TPSA) is 49.4 Å². The second kappa shape index (κ2) is 8.17. The molecule has 2 amide bonds. The molecule has 0 atom stereocenters. The highest BCUT2D eigenvalue weighted by atomic mass is 32.2. The first-order valence-corrected chi connectivity index (χ1v) is 10.6. The second-order valence-corrected chi connectivity index (χ2v) is 8.22. The van der Waals surface area contributed by atoms with E-state index in [1.807, 2.05) is 29.2 Å². The zero-order valence-corrected chi connectivity index (χ0v) is 16.2. The van der Waals surface area contributed by atoms with Gasteiger partial charge in [-0.1, -0.05) is 18.2 Å². The van der Waals surface area contributed by atoms with Crippen molar-refractivity contribution in [1.29, 1.82) is 0 Å². The molecule has 0 unspecified atom stereocenters. The van der Waals surface area contributed by atoms with Crippen LogP contribution in [-0.2, 0) is 29.0 Å². The Bertz CT molecular complexity index is 865. The second-order valence-electron chi connectivity index (χ2n) is 7.17. The predicted octanol–water partition coefficient (Wildman–Crippen LogP) is 3.71. The normalized spacial score (nSPS) is 15.9. The van der Waals surface area contributed by atoms with Gasteiger partial charge < -0.3 is 10.2 Å². The number of hydrogen-bond acceptors (Lipinski definition) is 3. The summed E-state index contributed by atoms with van der Waals surface area (Å²) in [5.74, 6) is 0.633. The lowest BCUT2D eigenvalue weighted by Crippen LogP contribution is -2.26. The van der Waals surface area contributed by atoms with Crippen LogP contribution in [0.3, 0.4) is 0 Å². The van der Waals surface area contributed by atoms with E-state index < -0.39 is 0 Å². The Balaban J connectivity index is 1.28. The molecular formula is C22H24N2O2S. The largest absolute Gasteiger partial charge is 0.351 e. The Kier molecular flexibility index (Phi) is 5.48. The third-order valence-corrected chi connectivity index (χ3v) is 6.22. The molecule has 4 rings (SSSR count). The van der Waals surface area contributed by atoms with Gasteiger partial charge in [-0.05, 0) is 66.6 Å². The average molecular weight is 381 g/mol. The molecule has 0 radical (unpaired) electrons. The minimum absolute atomic E-state index is 0.0307. The van der Waals surface area contributed by atoms with Gasteiger partial charge in [-0.25, -0.2) is 0 Å². The zero-order chi connectivity index (χ0) is 18.6. The van der Waals surface area contributed by atoms with Crippen molar-refractivity contribution >= 4 is 29.3 Å². The smallest absolute Gasteiger partial charge is 0.230 e. The van der Waals surface area contributed by atoms with Crippen LogP contribution < -0.4 is 10.2 Å². The minimum atomic E-state index is 0.0307. The minimum Gasteiger partial charge on any atom is -0.351 e. The Labute approximate surface area is 164 Å². The lowest BCUT2D eigenvalue weighted by Gasteiger charge is -2.16. The fraction of sp³-hybridized carbons (Fsp3) is 0.364. The van der Waals surface area contributed by atoms with Crippen LogP contribution in [0.1, 0.15) is 36.0 Å². The summed E-state index contributed by atoms with van der Waals surface area (Å²) in [6, 6.07) is 14.4. The quantitative estimate of drug-likeness (QED) is 0.777. The van der Waals surface area contributed by atoms with Gasteiger partial charge in [-0.3, -0.25) is 9.59 Å². The maximum Gasteiger partial charge on any atom is 0.230 e. The number of benzene rings is 2. The highest BCUT2D eigenvalue weighted by molar-refractivity contribution is 8.00. The van der Waals surface area contributed by atoms with Crippen LogP contribution in [0.25, 0.3) is 0 Å². The third-order valence-electron chi connectivity index (χ3n) is 5.23. The van der Waals surface area contributed by atoms with Crippen molar-refractivity contribution in [3.8, 4) is 0 Å². The van der Waals surface area contributed by atoms with E-state index in [2.05, 4.69) is 23.5 Å². The van der Waals surface area contributed by atoms with Crippen molar-refractivity contribution in [1.82, 2.24) is 5.32 Å². The standard InChI is InChI=1S/C22H24N2O2S/c25-21(15-27-20-10-9-17-5-2-6-18(17)13-20)23-14-16-4-1-7-19(12-16)24-11-3-8-22(24)26/h1,4,7,9-10,12-13H,2-3,5-6,8,11,14-15H2,(H,23,25). The predicted molar refractivity (Wildman–Crippen MR) is 109 cm³/mol. The summed E-state index contributed by atoms with van der Waals surface area (Å²) in [5, 5.41) is 2.99. The number of rotatable bonds is 6. The fourth-order valence-corrected chi connectivity index (χ4v) is 4.58. The van der Waals surface area contributed by atoms with E-state index in [0.29, 0.717) is 18.7 Å². The molecule has 4 nitrogen and oxygen atoms in total. The number of fused-ring (bicyclic) bond motifs is 1. The molecule has 2 aromatic rings. The van der Waals surface area contributed by atoms with Gasteiger partial charge in [-0.2, -0.15) is 0 Å². The maximum atomic E-state index is 12.2. The SMILES string of the molecule is O=C(CSc1ccc2c(c1)CCC2)NCc1cccc(N2CCCC2=O)c1. The molecule has 0 aromatic heterocycles. The van der Waals surface area contributed by atoms with Crippen LogP contribution in [0.5, 0.6) is 0 Å². The molecule has 27 heavy (non-hydrogen) atoms. The first kappa shape index (κ1) is 18.1. The van der Waals surface area contributed by atoms with Crippen LogP contribution in [-0.4, -0.2) is 24.1 Å². The van der Waals surface area contributed by atoms with Crippen LogP contribution in [0.4, 0.5) is 5.69 Å². The summed E-state index contributed by atoms with van der Waals surface area (Å²) >= 11 is 1.59. The molecule has 2 aliphatic rings. The van der Waals surface area contributed by atoms with E-state index in [1.54, 1.807) is 11.8 Å². The van der Waals surface area contributed by atoms with Gasteiger partial charge in [0, 0.05) is 30.1 Å². The zero-order valence-electron chi connectivity index (χ0n) is 15.4. The summed E-state index contributed by atoms with van der Waals surface area (Å²) in [4.78, 5) is 27.1. The van der Waals surface area contributed by atoms with E-state index in [-0.39, 0.29) is 11.8 Å². The van der Waals surface area contributed by atoms with Gasteiger partial charge >= 0.3 is 0 Å². The van der Waals surface area contributed by atoms with Gasteiger partial charge in [-0.15, -0.1) is 11.8 Å². The summed E-state index contributed by atoms with van der Waals surface area (Å²) in [7, 11) is 0. The van der Waals surface area contributed by atoms with Gasteiger partial charge in [0.2, 0.25) is 11.8 Å². The molecule has 1 aliphatic heterocycles. The van der Waals surface area contributed by atoms with Gasteiger partial charge in [0.05, 0.1) is 5.75 Å². The van der Waals surface area contributed by atoms with E-state index in [4.69, 9.17) is 0 Å². The van der Waals surface area contributed by atoms with Crippen molar-refractivity contribution in [2.45, 2.75) is 43.5 Å². The van der Waals surface area contributed by atoms with Gasteiger partial charge in [0.1, 0.15) is 0 Å². The van der Waals surface area contributed by atoms with Crippen molar-refractivity contribution in [3.63, 3.8) is 0 Å². The van der Waals surface area contributed by atoms with Gasteiger partial charge in [0.25, 0.3) is 0 Å². The lowest BCUT2D eigenvalue weighted by molar-refractivity contribution is -0.119. The van der Waals surface area contributed by atoms with E-state index >= 15 is 0 Å². The average Bonchev–Trinajstić information content (AvgIpc) is 3.33. The summed E-state index contributed by atoms with van der Waals surface area (Å²) in [6.45, 7) is 1.27. The number of amides is 2. The molecule has 140 valence electrons. The molecule has 2 aromatic carbocycles. The molecule has 0 bridgehead atoms. The number of thioether (sulfide) groups is 1. The number of hydrogen-bond donors (Lipinski definition) is 1. The van der Waals surface area contributed by atoms with Crippen molar-refractivity contribution < 1.29 is 9.59 Å². The van der Waals surface area contributed by atoms with Crippen molar-refractivity contribution in [2.75, 3.05) is 17.2 Å². The Hall–Kier alpha value is -2.27. The molecule has 5 heteroatoms.